The lowest BCUT2D eigenvalue weighted by atomic mass is 10.4. The van der Waals surface area contributed by atoms with Crippen molar-refractivity contribution in [2.24, 2.45) is 0 Å². The summed E-state index contributed by atoms with van der Waals surface area (Å²) in [5.74, 6) is -0.517. The van der Waals surface area contributed by atoms with Gasteiger partial charge in [0, 0.05) is 6.07 Å². The number of pyridine rings is 1. The maximum absolute atomic E-state index is 11.5. The summed E-state index contributed by atoms with van der Waals surface area (Å²) in [6, 6.07) is 2.32. The Morgan fingerprint density at radius 2 is 2.00 bits per heavy atom. The molecule has 12 heavy (non-hydrogen) atoms. The van der Waals surface area contributed by atoms with Crippen LogP contribution in [0.25, 0.3) is 0 Å². The van der Waals surface area contributed by atoms with Crippen LogP contribution in [-0.2, 0) is 0 Å². The van der Waals surface area contributed by atoms with Crippen LogP contribution in [0.3, 0.4) is 0 Å². The van der Waals surface area contributed by atoms with Crippen molar-refractivity contribution in [1.82, 2.24) is 4.98 Å². The second-order valence-electron chi connectivity index (χ2n) is 1.98. The summed E-state index contributed by atoms with van der Waals surface area (Å²) >= 11 is 0. The van der Waals surface area contributed by atoms with Gasteiger partial charge in [0.1, 0.15) is 0 Å². The molecule has 1 rings (SSSR count). The Morgan fingerprint density at radius 3 is 2.42 bits per heavy atom. The number of hydrogen-bond acceptors (Lipinski definition) is 3. The molecule has 1 aromatic heterocycles. The number of nitrogen functional groups attached to an aromatic ring is 1. The van der Waals surface area contributed by atoms with E-state index in [1.165, 1.54) is 6.07 Å². The van der Waals surface area contributed by atoms with E-state index in [2.05, 4.69) is 9.72 Å². The lowest BCUT2D eigenvalue weighted by Gasteiger charge is -2.06. The molecule has 2 N–H and O–H groups in total. The molecule has 0 atom stereocenters. The predicted molar refractivity (Wildman–Crippen MR) is 35.3 cm³/mol. The average Bonchev–Trinajstić information content (AvgIpc) is 1.91. The fourth-order valence-corrected chi connectivity index (χ4v) is 0.571. The average molecular weight is 178 g/mol. The minimum atomic E-state index is -4.71. The van der Waals surface area contributed by atoms with Crippen molar-refractivity contribution in [2.45, 2.75) is 6.36 Å². The lowest BCUT2D eigenvalue weighted by molar-refractivity contribution is -0.276. The zero-order chi connectivity index (χ0) is 9.19. The van der Waals surface area contributed by atoms with Crippen molar-refractivity contribution >= 4 is 5.69 Å². The molecule has 3 nitrogen and oxygen atoms in total. The standard InChI is InChI=1S/C6H5F3N2O/c7-6(8,9)12-5-2-1-4(10)3-11-5/h1-3H,10H2. The Labute approximate surface area is 66.0 Å². The van der Waals surface area contributed by atoms with Gasteiger partial charge in [-0.15, -0.1) is 13.2 Å². The third kappa shape index (κ3) is 2.65. The van der Waals surface area contributed by atoms with Crippen molar-refractivity contribution in [1.29, 1.82) is 0 Å². The highest BCUT2D eigenvalue weighted by Gasteiger charge is 2.31. The van der Waals surface area contributed by atoms with Crippen LogP contribution in [-0.4, -0.2) is 11.3 Å². The maximum atomic E-state index is 11.5. The topological polar surface area (TPSA) is 48.1 Å². The van der Waals surface area contributed by atoms with Crippen molar-refractivity contribution in [2.75, 3.05) is 5.73 Å². The van der Waals surface area contributed by atoms with E-state index in [0.29, 0.717) is 0 Å². The first-order valence-corrected chi connectivity index (χ1v) is 2.95. The maximum Gasteiger partial charge on any atom is 0.574 e. The normalized spacial score (nSPS) is 11.2. The molecule has 0 aliphatic carbocycles. The zero-order valence-electron chi connectivity index (χ0n) is 5.80. The van der Waals surface area contributed by atoms with E-state index in [0.717, 1.165) is 12.3 Å². The molecular weight excluding hydrogens is 173 g/mol. The van der Waals surface area contributed by atoms with Gasteiger partial charge in [-0.2, -0.15) is 0 Å². The molecule has 0 aromatic carbocycles. The summed E-state index contributed by atoms with van der Waals surface area (Å²) in [5.41, 5.74) is 5.47. The van der Waals surface area contributed by atoms with Crippen LogP contribution in [0.15, 0.2) is 18.3 Å². The Hall–Kier alpha value is -1.46. The van der Waals surface area contributed by atoms with E-state index in [4.69, 9.17) is 5.73 Å². The number of rotatable bonds is 1. The van der Waals surface area contributed by atoms with Crippen molar-refractivity contribution in [3.05, 3.63) is 18.3 Å². The number of aromatic nitrogens is 1. The Kier molecular flexibility index (Phi) is 2.07. The summed E-state index contributed by atoms with van der Waals surface area (Å²) in [4.78, 5) is 3.30. The van der Waals surface area contributed by atoms with Crippen molar-refractivity contribution < 1.29 is 17.9 Å². The number of nitrogens with two attached hydrogens (primary N) is 1. The molecule has 1 heterocycles. The van der Waals surface area contributed by atoms with Crippen LogP contribution in [0.5, 0.6) is 5.88 Å². The highest BCUT2D eigenvalue weighted by Crippen LogP contribution is 2.20. The Balaban J connectivity index is 2.71. The van der Waals surface area contributed by atoms with Crippen LogP contribution in [0.1, 0.15) is 0 Å². The van der Waals surface area contributed by atoms with Gasteiger partial charge in [0.25, 0.3) is 0 Å². The van der Waals surface area contributed by atoms with Crippen LogP contribution < -0.4 is 10.5 Å². The van der Waals surface area contributed by atoms with Gasteiger partial charge < -0.3 is 10.5 Å². The van der Waals surface area contributed by atoms with E-state index in [1.807, 2.05) is 0 Å². The SMILES string of the molecule is Nc1ccc(OC(F)(F)F)nc1. The van der Waals surface area contributed by atoms with Gasteiger partial charge >= 0.3 is 6.36 Å². The molecule has 0 saturated carbocycles. The summed E-state index contributed by atoms with van der Waals surface area (Å²) in [6.45, 7) is 0. The first-order valence-electron chi connectivity index (χ1n) is 2.95. The monoisotopic (exact) mass is 178 g/mol. The zero-order valence-corrected chi connectivity index (χ0v) is 5.80. The van der Waals surface area contributed by atoms with Crippen LogP contribution >= 0.6 is 0 Å². The largest absolute Gasteiger partial charge is 0.574 e. The first kappa shape index (κ1) is 8.63. The highest BCUT2D eigenvalue weighted by molar-refractivity contribution is 5.35. The van der Waals surface area contributed by atoms with Gasteiger partial charge in [0.05, 0.1) is 11.9 Å². The predicted octanol–water partition coefficient (Wildman–Crippen LogP) is 1.56. The summed E-state index contributed by atoms with van der Waals surface area (Å²) in [7, 11) is 0. The molecule has 0 radical (unpaired) electrons. The van der Waals surface area contributed by atoms with Gasteiger partial charge in [-0.3, -0.25) is 0 Å². The Bertz CT molecular complexity index is 256. The molecule has 0 amide bonds. The number of nitrogens with zero attached hydrogens (tertiary/aromatic N) is 1. The molecular formula is C6H5F3N2O. The smallest absolute Gasteiger partial charge is 0.397 e. The minimum Gasteiger partial charge on any atom is -0.397 e. The second-order valence-corrected chi connectivity index (χ2v) is 1.98. The van der Waals surface area contributed by atoms with Gasteiger partial charge in [-0.25, -0.2) is 4.98 Å². The second kappa shape index (κ2) is 2.88. The molecule has 0 spiro atoms. The fourth-order valence-electron chi connectivity index (χ4n) is 0.571. The van der Waals surface area contributed by atoms with Crippen molar-refractivity contribution in [3.63, 3.8) is 0 Å². The molecule has 1 aromatic rings. The molecule has 0 unspecified atom stereocenters. The van der Waals surface area contributed by atoms with Crippen LogP contribution in [0, 0.1) is 0 Å². The molecule has 0 saturated heterocycles. The fraction of sp³-hybridized carbons (Fsp3) is 0.167. The minimum absolute atomic E-state index is 0.282. The van der Waals surface area contributed by atoms with Gasteiger partial charge in [0.2, 0.25) is 5.88 Å². The Morgan fingerprint density at radius 1 is 1.33 bits per heavy atom. The number of hydrogen-bond donors (Lipinski definition) is 1. The summed E-state index contributed by atoms with van der Waals surface area (Å²) in [6.07, 6.45) is -3.62. The molecule has 0 fully saturated rings. The third-order valence-electron chi connectivity index (χ3n) is 0.980. The highest BCUT2D eigenvalue weighted by atomic mass is 19.4. The number of anilines is 1. The number of alkyl halides is 3. The van der Waals surface area contributed by atoms with E-state index in [1.54, 1.807) is 0 Å². The molecule has 0 aliphatic rings. The van der Waals surface area contributed by atoms with E-state index < -0.39 is 12.2 Å². The quantitative estimate of drug-likeness (QED) is 0.709. The molecule has 6 heteroatoms. The van der Waals surface area contributed by atoms with Gasteiger partial charge in [0.15, 0.2) is 0 Å². The van der Waals surface area contributed by atoms with Crippen molar-refractivity contribution in [3.8, 4) is 5.88 Å². The van der Waals surface area contributed by atoms with Gasteiger partial charge in [-0.05, 0) is 6.07 Å². The lowest BCUT2D eigenvalue weighted by Crippen LogP contribution is -2.17. The van der Waals surface area contributed by atoms with E-state index in [-0.39, 0.29) is 5.69 Å². The summed E-state index contributed by atoms with van der Waals surface area (Å²) < 4.78 is 38.1. The van der Waals surface area contributed by atoms with Crippen LogP contribution in [0.2, 0.25) is 0 Å². The number of ether oxygens (including phenoxy) is 1. The summed E-state index contributed by atoms with van der Waals surface area (Å²) in [5, 5.41) is 0. The van der Waals surface area contributed by atoms with E-state index in [9.17, 15) is 13.2 Å². The molecule has 0 aliphatic heterocycles. The molecule has 0 bridgehead atoms. The third-order valence-corrected chi connectivity index (χ3v) is 0.980. The van der Waals surface area contributed by atoms with Gasteiger partial charge in [-0.1, -0.05) is 0 Å². The van der Waals surface area contributed by atoms with Crippen LogP contribution in [0.4, 0.5) is 18.9 Å². The number of halogens is 3. The first-order chi connectivity index (χ1) is 5.47. The molecule has 66 valence electrons. The van der Waals surface area contributed by atoms with E-state index >= 15 is 0 Å².